The monoisotopic (exact) mass is 413 g/mol. The average Bonchev–Trinajstić information content (AvgIpc) is 2.64. The Balaban J connectivity index is 3.51. The van der Waals surface area contributed by atoms with Crippen LogP contribution in [0.15, 0.2) is 0 Å². The highest BCUT2D eigenvalue weighted by atomic mass is 16.4. The second kappa shape index (κ2) is 19.4. The van der Waals surface area contributed by atoms with Crippen LogP contribution in [0.2, 0.25) is 0 Å². The predicted molar refractivity (Wildman–Crippen MR) is 122 cm³/mol. The molecule has 0 aromatic rings. The van der Waals surface area contributed by atoms with Crippen LogP contribution in [0, 0.1) is 0 Å². The molecule has 0 aromatic heterocycles. The molecule has 0 aromatic carbocycles. The number of rotatable bonds is 22. The summed E-state index contributed by atoms with van der Waals surface area (Å²) in [6.45, 7) is 4.22. The van der Waals surface area contributed by atoms with E-state index < -0.39 is 5.97 Å². The van der Waals surface area contributed by atoms with Gasteiger partial charge in [0.1, 0.15) is 12.6 Å². The van der Waals surface area contributed by atoms with Gasteiger partial charge in [-0.1, -0.05) is 90.4 Å². The van der Waals surface area contributed by atoms with Crippen molar-refractivity contribution in [1.82, 2.24) is 0 Å². The van der Waals surface area contributed by atoms with Gasteiger partial charge in [0.25, 0.3) is 0 Å². The standard InChI is InChI=1S/C25H51NO3/c1-4-5-6-7-8-9-10-11-14-17-20-24(27)23-26(2,3)22-19-16-13-12-15-18-21-25(28)29/h24,27H,4-23H2,1-3H3. The summed E-state index contributed by atoms with van der Waals surface area (Å²) in [5, 5.41) is 20.7. The van der Waals surface area contributed by atoms with Crippen molar-refractivity contribution in [2.24, 2.45) is 0 Å². The molecule has 0 saturated carbocycles. The zero-order valence-electron chi connectivity index (χ0n) is 19.9. The molecule has 29 heavy (non-hydrogen) atoms. The van der Waals surface area contributed by atoms with Gasteiger partial charge in [-0.3, -0.25) is 0 Å². The molecule has 4 nitrogen and oxygen atoms in total. The summed E-state index contributed by atoms with van der Waals surface area (Å²) in [6, 6.07) is 0. The lowest BCUT2D eigenvalue weighted by Gasteiger charge is -2.32. The first-order valence-corrected chi connectivity index (χ1v) is 12.6. The summed E-state index contributed by atoms with van der Waals surface area (Å²) in [7, 11) is 4.45. The molecule has 0 fully saturated rings. The molecule has 1 atom stereocenters. The van der Waals surface area contributed by atoms with Crippen molar-refractivity contribution < 1.29 is 19.5 Å². The topological polar surface area (TPSA) is 60.4 Å². The molecule has 174 valence electrons. The van der Waals surface area contributed by atoms with Gasteiger partial charge in [-0.25, -0.2) is 0 Å². The fourth-order valence-corrected chi connectivity index (χ4v) is 4.14. The number of carboxylic acids is 1. The summed E-state index contributed by atoms with van der Waals surface area (Å²) in [5.74, 6) is -0.930. The van der Waals surface area contributed by atoms with Gasteiger partial charge in [-0.15, -0.1) is 0 Å². The van der Waals surface area contributed by atoms with Crippen LogP contribution in [0.1, 0.15) is 122 Å². The first-order chi connectivity index (χ1) is 13.9. The molecule has 0 amide bonds. The van der Waals surface area contributed by atoms with E-state index in [2.05, 4.69) is 21.0 Å². The Hall–Kier alpha value is -0.610. The number of hydrogen-bond donors (Lipinski definition) is 1. The second-order valence-electron chi connectivity index (χ2n) is 9.71. The Morgan fingerprint density at radius 3 is 1.72 bits per heavy atom. The predicted octanol–water partition coefficient (Wildman–Crippen LogP) is 5.22. The normalized spacial score (nSPS) is 13.0. The van der Waals surface area contributed by atoms with E-state index >= 15 is 0 Å². The van der Waals surface area contributed by atoms with Gasteiger partial charge < -0.3 is 19.5 Å². The van der Waals surface area contributed by atoms with Crippen molar-refractivity contribution in [3.63, 3.8) is 0 Å². The maximum atomic E-state index is 10.4. The molecular formula is C25H51NO3. The van der Waals surface area contributed by atoms with Crippen molar-refractivity contribution >= 4 is 5.97 Å². The molecule has 0 rings (SSSR count). The van der Waals surface area contributed by atoms with Gasteiger partial charge in [0, 0.05) is 5.97 Å². The summed E-state index contributed by atoms with van der Waals surface area (Å²) in [5.41, 5.74) is 0. The van der Waals surface area contributed by atoms with Gasteiger partial charge in [-0.05, 0) is 32.1 Å². The van der Waals surface area contributed by atoms with Crippen LogP contribution < -0.4 is 5.11 Å². The van der Waals surface area contributed by atoms with Crippen LogP contribution in [0.5, 0.6) is 0 Å². The van der Waals surface area contributed by atoms with Crippen LogP contribution in [0.3, 0.4) is 0 Å². The number of aliphatic hydroxyl groups excluding tert-OH is 1. The number of carbonyl (C=O) groups excluding carboxylic acids is 1. The van der Waals surface area contributed by atoms with E-state index in [1.54, 1.807) is 0 Å². The van der Waals surface area contributed by atoms with E-state index in [4.69, 9.17) is 0 Å². The first kappa shape index (κ1) is 28.4. The zero-order chi connectivity index (χ0) is 21.8. The number of carboxylic acid groups (broad SMARTS) is 1. The fraction of sp³-hybridized carbons (Fsp3) is 0.960. The molecule has 0 heterocycles. The van der Waals surface area contributed by atoms with Crippen molar-refractivity contribution in [3.8, 4) is 0 Å². The number of unbranched alkanes of at least 4 members (excludes halogenated alkanes) is 14. The Labute approximate surface area is 181 Å². The number of carbonyl (C=O) groups is 1. The van der Waals surface area contributed by atoms with Crippen LogP contribution in [0.4, 0.5) is 0 Å². The van der Waals surface area contributed by atoms with E-state index in [0.29, 0.717) is 0 Å². The highest BCUT2D eigenvalue weighted by molar-refractivity contribution is 5.63. The lowest BCUT2D eigenvalue weighted by atomic mass is 10.0. The van der Waals surface area contributed by atoms with Crippen LogP contribution in [0.25, 0.3) is 0 Å². The van der Waals surface area contributed by atoms with E-state index in [-0.39, 0.29) is 12.5 Å². The highest BCUT2D eigenvalue weighted by Gasteiger charge is 2.19. The minimum absolute atomic E-state index is 0.177. The number of hydrogen-bond acceptors (Lipinski definition) is 3. The minimum Gasteiger partial charge on any atom is -0.550 e. The third kappa shape index (κ3) is 21.9. The summed E-state index contributed by atoms with van der Waals surface area (Å²) in [4.78, 5) is 10.4. The molecule has 0 saturated heterocycles. The maximum absolute atomic E-state index is 10.4. The lowest BCUT2D eigenvalue weighted by Crippen LogP contribution is -2.45. The largest absolute Gasteiger partial charge is 0.550 e. The van der Waals surface area contributed by atoms with E-state index in [1.165, 1.54) is 77.0 Å². The van der Waals surface area contributed by atoms with Crippen LogP contribution in [-0.2, 0) is 4.79 Å². The molecule has 1 N–H and O–H groups in total. The van der Waals surface area contributed by atoms with E-state index in [9.17, 15) is 15.0 Å². The third-order valence-corrected chi connectivity index (χ3v) is 5.99. The van der Waals surface area contributed by atoms with Crippen molar-refractivity contribution in [2.45, 2.75) is 129 Å². The second-order valence-corrected chi connectivity index (χ2v) is 9.71. The van der Waals surface area contributed by atoms with E-state index in [0.717, 1.165) is 49.7 Å². The zero-order valence-corrected chi connectivity index (χ0v) is 19.9. The number of aliphatic hydroxyl groups is 1. The molecule has 0 radical (unpaired) electrons. The van der Waals surface area contributed by atoms with Gasteiger partial charge >= 0.3 is 0 Å². The number of likely N-dealkylation sites (N-methyl/N-ethyl adjacent to an activating group) is 1. The molecular weight excluding hydrogens is 362 g/mol. The van der Waals surface area contributed by atoms with Gasteiger partial charge in [-0.2, -0.15) is 0 Å². The molecule has 0 bridgehead atoms. The lowest BCUT2D eigenvalue weighted by molar-refractivity contribution is -0.893. The molecule has 0 aliphatic carbocycles. The number of quaternary nitrogens is 1. The number of nitrogens with zero attached hydrogens (tertiary/aromatic N) is 1. The van der Waals surface area contributed by atoms with Crippen LogP contribution >= 0.6 is 0 Å². The molecule has 1 unspecified atom stereocenters. The summed E-state index contributed by atoms with van der Waals surface area (Å²) >= 11 is 0. The Morgan fingerprint density at radius 2 is 1.21 bits per heavy atom. The first-order valence-electron chi connectivity index (χ1n) is 12.6. The van der Waals surface area contributed by atoms with Crippen molar-refractivity contribution in [3.05, 3.63) is 0 Å². The SMILES string of the molecule is CCCCCCCCCCCCC(O)C[N+](C)(C)CCCCCCCCC(=O)[O-]. The minimum atomic E-state index is -0.930. The van der Waals surface area contributed by atoms with Crippen molar-refractivity contribution in [2.75, 3.05) is 27.2 Å². The molecule has 0 spiro atoms. The molecule has 0 aliphatic rings. The average molecular weight is 414 g/mol. The highest BCUT2D eigenvalue weighted by Crippen LogP contribution is 2.14. The fourth-order valence-electron chi connectivity index (χ4n) is 4.14. The van der Waals surface area contributed by atoms with Crippen molar-refractivity contribution in [1.29, 1.82) is 0 Å². The van der Waals surface area contributed by atoms with Gasteiger partial charge in [0.05, 0.1) is 20.6 Å². The number of aliphatic carboxylic acids is 1. The maximum Gasteiger partial charge on any atom is 0.105 e. The quantitative estimate of drug-likeness (QED) is 0.196. The van der Waals surface area contributed by atoms with Gasteiger partial charge in [0.15, 0.2) is 0 Å². The summed E-state index contributed by atoms with van der Waals surface area (Å²) < 4.78 is 0.892. The van der Waals surface area contributed by atoms with Crippen LogP contribution in [-0.4, -0.2) is 48.8 Å². The van der Waals surface area contributed by atoms with E-state index in [1.807, 2.05) is 0 Å². The third-order valence-electron chi connectivity index (χ3n) is 5.99. The summed E-state index contributed by atoms with van der Waals surface area (Å²) in [6.07, 6.45) is 20.8. The Morgan fingerprint density at radius 1 is 0.759 bits per heavy atom. The molecule has 4 heteroatoms. The molecule has 0 aliphatic heterocycles. The Kier molecular flexibility index (Phi) is 19.0. The Bertz CT molecular complexity index is 371. The smallest absolute Gasteiger partial charge is 0.105 e. The van der Waals surface area contributed by atoms with Gasteiger partial charge in [0.2, 0.25) is 0 Å².